The fourth-order valence-corrected chi connectivity index (χ4v) is 3.03. The van der Waals surface area contributed by atoms with Crippen LogP contribution in [0.25, 0.3) is 0 Å². The summed E-state index contributed by atoms with van der Waals surface area (Å²) in [6.07, 6.45) is 4.30. The van der Waals surface area contributed by atoms with Crippen molar-refractivity contribution in [2.45, 2.75) is 36.6 Å². The highest BCUT2D eigenvalue weighted by Gasteiger charge is 2.22. The number of ether oxygens (including phenoxy) is 2. The van der Waals surface area contributed by atoms with Gasteiger partial charge < -0.3 is 14.8 Å². The molecule has 0 saturated heterocycles. The van der Waals surface area contributed by atoms with E-state index in [-0.39, 0.29) is 18.7 Å². The average Bonchev–Trinajstić information content (AvgIpc) is 2.88. The molecular weight excluding hydrogens is 310 g/mol. The van der Waals surface area contributed by atoms with Crippen LogP contribution in [0, 0.1) is 0 Å². The summed E-state index contributed by atoms with van der Waals surface area (Å²) < 4.78 is 10.5. The molecule has 19 heavy (non-hydrogen) atoms. The SMILES string of the molecule is O=C(NC1CCC(Br)CC1)c1ccc2c(c1)OCO2. The normalized spacial score (nSPS) is 25.1. The summed E-state index contributed by atoms with van der Waals surface area (Å²) in [4.78, 5) is 12.8. The van der Waals surface area contributed by atoms with Crippen molar-refractivity contribution < 1.29 is 14.3 Å². The van der Waals surface area contributed by atoms with Gasteiger partial charge >= 0.3 is 0 Å². The first-order chi connectivity index (χ1) is 9.22. The van der Waals surface area contributed by atoms with E-state index >= 15 is 0 Å². The maximum Gasteiger partial charge on any atom is 0.251 e. The number of fused-ring (bicyclic) bond motifs is 1. The monoisotopic (exact) mass is 325 g/mol. The standard InChI is InChI=1S/C14H16BrNO3/c15-10-2-4-11(5-3-10)16-14(17)9-1-6-12-13(7-9)19-8-18-12/h1,6-7,10-11H,2-5,8H2,(H,16,17). The highest BCUT2D eigenvalue weighted by molar-refractivity contribution is 9.09. The van der Waals surface area contributed by atoms with Gasteiger partial charge in [-0.1, -0.05) is 15.9 Å². The van der Waals surface area contributed by atoms with E-state index in [4.69, 9.17) is 9.47 Å². The quantitative estimate of drug-likeness (QED) is 0.850. The number of hydrogen-bond donors (Lipinski definition) is 1. The van der Waals surface area contributed by atoms with E-state index in [2.05, 4.69) is 21.2 Å². The highest BCUT2D eigenvalue weighted by atomic mass is 79.9. The predicted molar refractivity (Wildman–Crippen MR) is 75.0 cm³/mol. The number of hydrogen-bond acceptors (Lipinski definition) is 3. The molecule has 1 aromatic carbocycles. The minimum Gasteiger partial charge on any atom is -0.454 e. The maximum atomic E-state index is 12.2. The molecule has 1 heterocycles. The van der Waals surface area contributed by atoms with E-state index < -0.39 is 0 Å². The third-order valence-electron chi connectivity index (χ3n) is 3.63. The number of carbonyl (C=O) groups is 1. The van der Waals surface area contributed by atoms with Crippen LogP contribution < -0.4 is 14.8 Å². The summed E-state index contributed by atoms with van der Waals surface area (Å²) in [6, 6.07) is 5.59. The maximum absolute atomic E-state index is 12.2. The molecule has 1 fully saturated rings. The van der Waals surface area contributed by atoms with Gasteiger partial charge in [-0.05, 0) is 43.9 Å². The number of carbonyl (C=O) groups excluding carboxylic acids is 1. The van der Waals surface area contributed by atoms with Gasteiger partial charge in [0.15, 0.2) is 11.5 Å². The van der Waals surface area contributed by atoms with Crippen molar-refractivity contribution in [2.75, 3.05) is 6.79 Å². The van der Waals surface area contributed by atoms with Crippen LogP contribution in [-0.4, -0.2) is 23.6 Å². The van der Waals surface area contributed by atoms with Crippen LogP contribution in [0.15, 0.2) is 18.2 Å². The lowest BCUT2D eigenvalue weighted by Crippen LogP contribution is -2.37. The number of nitrogens with one attached hydrogen (secondary N) is 1. The van der Waals surface area contributed by atoms with Crippen LogP contribution in [0.3, 0.4) is 0 Å². The van der Waals surface area contributed by atoms with E-state index in [0.29, 0.717) is 21.9 Å². The lowest BCUT2D eigenvalue weighted by molar-refractivity contribution is 0.0928. The number of alkyl halides is 1. The Morgan fingerprint density at radius 2 is 1.89 bits per heavy atom. The Kier molecular flexibility index (Phi) is 3.64. The molecule has 1 aliphatic carbocycles. The van der Waals surface area contributed by atoms with Gasteiger partial charge in [0, 0.05) is 16.4 Å². The van der Waals surface area contributed by atoms with Gasteiger partial charge in [0.2, 0.25) is 6.79 Å². The van der Waals surface area contributed by atoms with Crippen LogP contribution in [0.2, 0.25) is 0 Å². The zero-order valence-electron chi connectivity index (χ0n) is 10.5. The van der Waals surface area contributed by atoms with E-state index in [0.717, 1.165) is 25.7 Å². The van der Waals surface area contributed by atoms with Crippen molar-refractivity contribution in [1.29, 1.82) is 0 Å². The van der Waals surface area contributed by atoms with Gasteiger partial charge in [-0.25, -0.2) is 0 Å². The molecule has 0 bridgehead atoms. The molecule has 0 radical (unpaired) electrons. The molecule has 0 aromatic heterocycles. The molecule has 1 aromatic rings. The second-order valence-corrected chi connectivity index (χ2v) is 6.29. The van der Waals surface area contributed by atoms with Crippen LogP contribution in [-0.2, 0) is 0 Å². The lowest BCUT2D eigenvalue weighted by Gasteiger charge is -2.26. The van der Waals surface area contributed by atoms with Crippen LogP contribution in [0.1, 0.15) is 36.0 Å². The van der Waals surface area contributed by atoms with E-state index in [1.807, 2.05) is 0 Å². The molecule has 0 unspecified atom stereocenters. The third kappa shape index (κ3) is 2.86. The number of rotatable bonds is 2. The number of amides is 1. The Morgan fingerprint density at radius 1 is 1.16 bits per heavy atom. The third-order valence-corrected chi connectivity index (χ3v) is 4.54. The molecule has 1 saturated carbocycles. The Bertz CT molecular complexity index is 484. The number of halogens is 1. The molecule has 4 nitrogen and oxygen atoms in total. The van der Waals surface area contributed by atoms with Gasteiger partial charge in [0.25, 0.3) is 5.91 Å². The first-order valence-corrected chi connectivity index (χ1v) is 7.48. The summed E-state index contributed by atoms with van der Waals surface area (Å²) in [7, 11) is 0. The second-order valence-electron chi connectivity index (χ2n) is 4.99. The molecule has 102 valence electrons. The molecule has 2 aliphatic rings. The smallest absolute Gasteiger partial charge is 0.251 e. The summed E-state index contributed by atoms with van der Waals surface area (Å²) in [5, 5.41) is 3.09. The lowest BCUT2D eigenvalue weighted by atomic mass is 9.95. The average molecular weight is 326 g/mol. The highest BCUT2D eigenvalue weighted by Crippen LogP contribution is 2.32. The molecule has 1 amide bonds. The zero-order valence-corrected chi connectivity index (χ0v) is 12.1. The fraction of sp³-hybridized carbons (Fsp3) is 0.500. The minimum atomic E-state index is -0.0312. The first-order valence-electron chi connectivity index (χ1n) is 6.57. The molecule has 1 aliphatic heterocycles. The molecule has 0 atom stereocenters. The largest absolute Gasteiger partial charge is 0.454 e. The zero-order chi connectivity index (χ0) is 13.2. The van der Waals surface area contributed by atoms with Crippen molar-refractivity contribution >= 4 is 21.8 Å². The molecule has 3 rings (SSSR count). The molecule has 1 N–H and O–H groups in total. The minimum absolute atomic E-state index is 0.0312. The van der Waals surface area contributed by atoms with Crippen LogP contribution >= 0.6 is 15.9 Å². The Labute approximate surface area is 120 Å². The summed E-state index contributed by atoms with van der Waals surface area (Å²) >= 11 is 3.62. The fourth-order valence-electron chi connectivity index (χ4n) is 2.50. The van der Waals surface area contributed by atoms with Gasteiger partial charge in [-0.15, -0.1) is 0 Å². The van der Waals surface area contributed by atoms with Crippen LogP contribution in [0.4, 0.5) is 0 Å². The van der Waals surface area contributed by atoms with Crippen molar-refractivity contribution in [3.05, 3.63) is 23.8 Å². The Balaban J connectivity index is 1.64. The molecule has 5 heteroatoms. The Hall–Kier alpha value is -1.23. The second kappa shape index (κ2) is 5.41. The summed E-state index contributed by atoms with van der Waals surface area (Å²) in [6.45, 7) is 0.232. The molecule has 0 spiro atoms. The van der Waals surface area contributed by atoms with Crippen LogP contribution in [0.5, 0.6) is 11.5 Å². The Morgan fingerprint density at radius 3 is 2.68 bits per heavy atom. The number of benzene rings is 1. The van der Waals surface area contributed by atoms with Gasteiger partial charge in [-0.2, -0.15) is 0 Å². The van der Waals surface area contributed by atoms with Crippen molar-refractivity contribution in [3.63, 3.8) is 0 Å². The van der Waals surface area contributed by atoms with Crippen molar-refractivity contribution in [2.24, 2.45) is 0 Å². The summed E-state index contributed by atoms with van der Waals surface area (Å²) in [5.74, 6) is 1.32. The van der Waals surface area contributed by atoms with E-state index in [9.17, 15) is 4.79 Å². The van der Waals surface area contributed by atoms with Gasteiger partial charge in [0.05, 0.1) is 0 Å². The first kappa shape index (κ1) is 12.8. The van der Waals surface area contributed by atoms with Gasteiger partial charge in [-0.3, -0.25) is 4.79 Å². The van der Waals surface area contributed by atoms with E-state index in [1.165, 1.54) is 0 Å². The van der Waals surface area contributed by atoms with E-state index in [1.54, 1.807) is 18.2 Å². The topological polar surface area (TPSA) is 47.6 Å². The van der Waals surface area contributed by atoms with Crippen molar-refractivity contribution in [3.8, 4) is 11.5 Å². The van der Waals surface area contributed by atoms with Crippen molar-refractivity contribution in [1.82, 2.24) is 5.32 Å². The summed E-state index contributed by atoms with van der Waals surface area (Å²) in [5.41, 5.74) is 0.630. The molecular formula is C14H16BrNO3. The predicted octanol–water partition coefficient (Wildman–Crippen LogP) is 2.85. The van der Waals surface area contributed by atoms with Gasteiger partial charge in [0.1, 0.15) is 0 Å².